The molecule has 0 bridgehead atoms. The highest BCUT2D eigenvalue weighted by atomic mass is 16.1. The van der Waals surface area contributed by atoms with Crippen LogP contribution in [-0.2, 0) is 0 Å². The van der Waals surface area contributed by atoms with Crippen molar-refractivity contribution in [2.75, 3.05) is 0 Å². The van der Waals surface area contributed by atoms with Crippen molar-refractivity contribution in [3.05, 3.63) is 60.3 Å². The van der Waals surface area contributed by atoms with Crippen molar-refractivity contribution in [2.24, 2.45) is 5.73 Å². The number of fused-ring (bicyclic) bond motifs is 1. The predicted molar refractivity (Wildman–Crippen MR) is 69.6 cm³/mol. The van der Waals surface area contributed by atoms with Gasteiger partial charge in [-0.1, -0.05) is 30.3 Å². The van der Waals surface area contributed by atoms with Crippen LogP contribution < -0.4 is 5.73 Å². The molecule has 1 amide bonds. The minimum atomic E-state index is -0.459. The fourth-order valence-electron chi connectivity index (χ4n) is 1.96. The summed E-state index contributed by atoms with van der Waals surface area (Å²) in [5.41, 5.74) is 7.37. The van der Waals surface area contributed by atoms with Gasteiger partial charge in [-0.25, -0.2) is 4.68 Å². The van der Waals surface area contributed by atoms with Gasteiger partial charge in [0.05, 0.1) is 11.3 Å². The molecule has 3 aromatic rings. The lowest BCUT2D eigenvalue weighted by Gasteiger charge is -1.98. The molecule has 0 aliphatic heterocycles. The summed E-state index contributed by atoms with van der Waals surface area (Å²) < 4.78 is 1.75. The molecule has 4 heteroatoms. The van der Waals surface area contributed by atoms with Gasteiger partial charge in [-0.15, -0.1) is 0 Å². The molecule has 0 aliphatic carbocycles. The second-order valence-corrected chi connectivity index (χ2v) is 4.02. The third kappa shape index (κ3) is 1.64. The van der Waals surface area contributed by atoms with Gasteiger partial charge in [-0.2, -0.15) is 5.10 Å². The van der Waals surface area contributed by atoms with Gasteiger partial charge in [-0.3, -0.25) is 4.79 Å². The Labute approximate surface area is 104 Å². The Morgan fingerprint density at radius 2 is 1.83 bits per heavy atom. The Morgan fingerprint density at radius 1 is 1.06 bits per heavy atom. The van der Waals surface area contributed by atoms with Gasteiger partial charge >= 0.3 is 0 Å². The maximum Gasteiger partial charge on any atom is 0.250 e. The van der Waals surface area contributed by atoms with E-state index < -0.39 is 5.91 Å². The largest absolute Gasteiger partial charge is 0.366 e. The highest BCUT2D eigenvalue weighted by Gasteiger charge is 2.10. The van der Waals surface area contributed by atoms with E-state index in [-0.39, 0.29) is 0 Å². The van der Waals surface area contributed by atoms with Crippen LogP contribution in [0.1, 0.15) is 10.4 Å². The van der Waals surface area contributed by atoms with Crippen molar-refractivity contribution >= 4 is 16.8 Å². The lowest BCUT2D eigenvalue weighted by Crippen LogP contribution is -2.11. The van der Waals surface area contributed by atoms with Crippen LogP contribution >= 0.6 is 0 Å². The summed E-state index contributed by atoms with van der Waals surface area (Å²) in [5.74, 6) is -0.459. The molecule has 4 nitrogen and oxygen atoms in total. The van der Waals surface area contributed by atoms with Gasteiger partial charge in [0.15, 0.2) is 0 Å². The summed E-state index contributed by atoms with van der Waals surface area (Å²) in [6.07, 6.45) is 1.89. The number of para-hydroxylation sites is 1. The van der Waals surface area contributed by atoms with Crippen LogP contribution in [-0.4, -0.2) is 15.7 Å². The molecule has 0 fully saturated rings. The zero-order valence-electron chi connectivity index (χ0n) is 9.58. The first-order chi connectivity index (χ1) is 8.75. The maximum absolute atomic E-state index is 11.3. The molecule has 3 rings (SSSR count). The van der Waals surface area contributed by atoms with E-state index in [0.717, 1.165) is 11.1 Å². The van der Waals surface area contributed by atoms with E-state index in [1.165, 1.54) is 0 Å². The summed E-state index contributed by atoms with van der Waals surface area (Å²) in [5, 5.41) is 5.32. The minimum Gasteiger partial charge on any atom is -0.366 e. The van der Waals surface area contributed by atoms with Crippen LogP contribution in [0, 0.1) is 0 Å². The number of primary amides is 1. The van der Waals surface area contributed by atoms with Gasteiger partial charge in [0.25, 0.3) is 5.91 Å². The van der Waals surface area contributed by atoms with E-state index in [1.54, 1.807) is 16.8 Å². The fraction of sp³-hybridized carbons (Fsp3) is 0. The molecular formula is C14H11N3O. The molecule has 0 atom stereocenters. The van der Waals surface area contributed by atoms with Crippen molar-refractivity contribution in [1.82, 2.24) is 9.78 Å². The number of benzene rings is 2. The molecular weight excluding hydrogens is 226 g/mol. The standard InChI is InChI=1S/C14H11N3O/c15-14(18)12-8-4-5-10-9-17(16-13(10)12)11-6-2-1-3-7-11/h1-9H,(H2,15,18). The van der Waals surface area contributed by atoms with Gasteiger partial charge in [0, 0.05) is 11.6 Å². The predicted octanol–water partition coefficient (Wildman–Crippen LogP) is 2.12. The number of amides is 1. The number of nitrogens with zero attached hydrogens (tertiary/aromatic N) is 2. The molecule has 1 heterocycles. The number of hydrogen-bond acceptors (Lipinski definition) is 2. The number of aromatic nitrogens is 2. The second-order valence-electron chi connectivity index (χ2n) is 4.02. The van der Waals surface area contributed by atoms with Crippen LogP contribution in [0.5, 0.6) is 0 Å². The first-order valence-electron chi connectivity index (χ1n) is 5.59. The lowest BCUT2D eigenvalue weighted by molar-refractivity contribution is 0.100. The molecule has 18 heavy (non-hydrogen) atoms. The molecule has 0 saturated carbocycles. The minimum absolute atomic E-state index is 0.446. The molecule has 2 N–H and O–H groups in total. The summed E-state index contributed by atoms with van der Waals surface area (Å²) in [6, 6.07) is 15.1. The Kier molecular flexibility index (Phi) is 2.34. The van der Waals surface area contributed by atoms with Crippen LogP contribution in [0.15, 0.2) is 54.7 Å². The van der Waals surface area contributed by atoms with Crippen molar-refractivity contribution < 1.29 is 4.79 Å². The van der Waals surface area contributed by atoms with Crippen LogP contribution in [0.25, 0.3) is 16.6 Å². The number of nitrogens with two attached hydrogens (primary N) is 1. The zero-order chi connectivity index (χ0) is 12.5. The third-order valence-electron chi connectivity index (χ3n) is 2.82. The molecule has 1 aromatic heterocycles. The molecule has 2 aromatic carbocycles. The summed E-state index contributed by atoms with van der Waals surface area (Å²) in [7, 11) is 0. The quantitative estimate of drug-likeness (QED) is 0.742. The van der Waals surface area contributed by atoms with E-state index >= 15 is 0 Å². The Morgan fingerprint density at radius 3 is 2.56 bits per heavy atom. The second kappa shape index (κ2) is 4.00. The van der Waals surface area contributed by atoms with Crippen molar-refractivity contribution in [1.29, 1.82) is 0 Å². The highest BCUT2D eigenvalue weighted by molar-refractivity contribution is 6.04. The lowest BCUT2D eigenvalue weighted by atomic mass is 10.1. The van der Waals surface area contributed by atoms with Crippen LogP contribution in [0.2, 0.25) is 0 Å². The average Bonchev–Trinajstić information content (AvgIpc) is 2.83. The normalized spacial score (nSPS) is 10.7. The maximum atomic E-state index is 11.3. The Hall–Kier alpha value is -2.62. The molecule has 0 saturated heterocycles. The number of carbonyl (C=O) groups is 1. The van der Waals surface area contributed by atoms with E-state index in [4.69, 9.17) is 5.73 Å². The smallest absolute Gasteiger partial charge is 0.250 e. The summed E-state index contributed by atoms with van der Waals surface area (Å²) in [6.45, 7) is 0. The third-order valence-corrected chi connectivity index (χ3v) is 2.82. The summed E-state index contributed by atoms with van der Waals surface area (Å²) in [4.78, 5) is 11.3. The summed E-state index contributed by atoms with van der Waals surface area (Å²) >= 11 is 0. The molecule has 0 spiro atoms. The molecule has 88 valence electrons. The first kappa shape index (κ1) is 10.5. The van der Waals surface area contributed by atoms with Gasteiger partial charge in [0.2, 0.25) is 0 Å². The van der Waals surface area contributed by atoms with E-state index in [1.807, 2.05) is 42.6 Å². The van der Waals surface area contributed by atoms with Crippen molar-refractivity contribution in [2.45, 2.75) is 0 Å². The molecule has 0 radical (unpaired) electrons. The first-order valence-corrected chi connectivity index (χ1v) is 5.59. The highest BCUT2D eigenvalue weighted by Crippen LogP contribution is 2.19. The number of rotatable bonds is 2. The van der Waals surface area contributed by atoms with Crippen LogP contribution in [0.4, 0.5) is 0 Å². The van der Waals surface area contributed by atoms with E-state index in [9.17, 15) is 4.79 Å². The number of carbonyl (C=O) groups excluding carboxylic acids is 1. The monoisotopic (exact) mass is 237 g/mol. The zero-order valence-corrected chi connectivity index (χ0v) is 9.58. The number of hydrogen-bond donors (Lipinski definition) is 1. The van der Waals surface area contributed by atoms with Crippen molar-refractivity contribution in [3.63, 3.8) is 0 Å². The van der Waals surface area contributed by atoms with Gasteiger partial charge < -0.3 is 5.73 Å². The van der Waals surface area contributed by atoms with Crippen molar-refractivity contribution in [3.8, 4) is 5.69 Å². The fourth-order valence-corrected chi connectivity index (χ4v) is 1.96. The molecule has 0 unspecified atom stereocenters. The Bertz CT molecular complexity index is 716. The molecule has 0 aliphatic rings. The average molecular weight is 237 g/mol. The Balaban J connectivity index is 2.23. The van der Waals surface area contributed by atoms with Gasteiger partial charge in [0.1, 0.15) is 5.52 Å². The van der Waals surface area contributed by atoms with Crippen LogP contribution in [0.3, 0.4) is 0 Å². The topological polar surface area (TPSA) is 60.9 Å². The SMILES string of the molecule is NC(=O)c1cccc2cn(-c3ccccc3)nc12. The van der Waals surface area contributed by atoms with E-state index in [2.05, 4.69) is 5.10 Å². The van der Waals surface area contributed by atoms with E-state index in [0.29, 0.717) is 11.1 Å². The van der Waals surface area contributed by atoms with Gasteiger partial charge in [-0.05, 0) is 18.2 Å².